The number of nitrogen functional groups attached to an aromatic ring is 1. The first-order valence-electron chi connectivity index (χ1n) is 8.78. The maximum absolute atomic E-state index is 10.9. The first-order valence-corrected chi connectivity index (χ1v) is 8.78. The van der Waals surface area contributed by atoms with E-state index in [-0.39, 0.29) is 0 Å². The van der Waals surface area contributed by atoms with Gasteiger partial charge in [0.2, 0.25) is 0 Å². The summed E-state index contributed by atoms with van der Waals surface area (Å²) in [4.78, 5) is 20.0. The summed E-state index contributed by atoms with van der Waals surface area (Å²) in [6, 6.07) is 15.3. The zero-order valence-electron chi connectivity index (χ0n) is 14.9. The predicted molar refractivity (Wildman–Crippen MR) is 107 cm³/mol. The number of anilines is 1. The van der Waals surface area contributed by atoms with Crippen molar-refractivity contribution in [1.82, 2.24) is 9.97 Å². The molecule has 0 bridgehead atoms. The van der Waals surface area contributed by atoms with Crippen molar-refractivity contribution in [3.63, 3.8) is 0 Å². The van der Waals surface area contributed by atoms with Crippen LogP contribution in [0.25, 0.3) is 21.8 Å². The number of hydrogen-bond acceptors (Lipinski definition) is 4. The number of pyridine rings is 2. The van der Waals surface area contributed by atoms with E-state index in [0.717, 1.165) is 51.3 Å². The molecule has 0 saturated carbocycles. The van der Waals surface area contributed by atoms with E-state index >= 15 is 0 Å². The normalized spacial score (nSPS) is 11.1. The molecular formula is C22H19N3O2. The summed E-state index contributed by atoms with van der Waals surface area (Å²) in [6.45, 7) is 2.03. The number of carboxylic acid groups (broad SMARTS) is 1. The molecule has 0 aliphatic heterocycles. The Bertz CT molecular complexity index is 1170. The molecule has 0 aliphatic rings. The second kappa shape index (κ2) is 6.68. The monoisotopic (exact) mass is 357 g/mol. The molecule has 0 atom stereocenters. The first kappa shape index (κ1) is 17.0. The predicted octanol–water partition coefficient (Wildman–Crippen LogP) is 4.16. The lowest BCUT2D eigenvalue weighted by atomic mass is 10.0. The van der Waals surface area contributed by atoms with Crippen molar-refractivity contribution >= 4 is 33.6 Å². The van der Waals surface area contributed by atoms with Gasteiger partial charge in [-0.2, -0.15) is 0 Å². The number of benzene rings is 2. The highest BCUT2D eigenvalue weighted by atomic mass is 16.4. The molecule has 27 heavy (non-hydrogen) atoms. The molecular weight excluding hydrogens is 338 g/mol. The smallest absolute Gasteiger partial charge is 0.335 e. The van der Waals surface area contributed by atoms with Crippen LogP contribution in [0.1, 0.15) is 27.0 Å². The molecule has 4 aromatic rings. The van der Waals surface area contributed by atoms with Gasteiger partial charge in [-0.05, 0) is 60.7 Å². The van der Waals surface area contributed by atoms with Gasteiger partial charge in [-0.3, -0.25) is 4.98 Å². The van der Waals surface area contributed by atoms with Crippen LogP contribution in [0.5, 0.6) is 0 Å². The first-order chi connectivity index (χ1) is 13.0. The number of hydrogen-bond donors (Lipinski definition) is 2. The molecule has 0 spiro atoms. The Kier molecular flexibility index (Phi) is 4.20. The number of aromatic nitrogens is 2. The summed E-state index contributed by atoms with van der Waals surface area (Å²) in [7, 11) is 0. The van der Waals surface area contributed by atoms with E-state index in [2.05, 4.69) is 28.2 Å². The van der Waals surface area contributed by atoms with Crippen LogP contribution in [0.3, 0.4) is 0 Å². The van der Waals surface area contributed by atoms with Gasteiger partial charge in [0.1, 0.15) is 5.52 Å². The average Bonchev–Trinajstić information content (AvgIpc) is 2.66. The van der Waals surface area contributed by atoms with Crippen molar-refractivity contribution in [3.8, 4) is 0 Å². The van der Waals surface area contributed by atoms with Crippen LogP contribution >= 0.6 is 0 Å². The van der Waals surface area contributed by atoms with Gasteiger partial charge in [0.25, 0.3) is 0 Å². The SMILES string of the molecule is Cc1ccc2c(c1)nc(N)c1ncc(CCc3ccc(C(=O)O)cc3)cc12. The van der Waals surface area contributed by atoms with Crippen molar-refractivity contribution < 1.29 is 9.90 Å². The summed E-state index contributed by atoms with van der Waals surface area (Å²) in [5.74, 6) is -0.465. The van der Waals surface area contributed by atoms with E-state index < -0.39 is 5.97 Å². The van der Waals surface area contributed by atoms with Crippen molar-refractivity contribution in [2.45, 2.75) is 19.8 Å². The van der Waals surface area contributed by atoms with Crippen LogP contribution < -0.4 is 5.73 Å². The molecule has 0 amide bonds. The molecule has 0 aliphatic carbocycles. The largest absolute Gasteiger partial charge is 0.478 e. The fraction of sp³-hybridized carbons (Fsp3) is 0.136. The fourth-order valence-corrected chi connectivity index (χ4v) is 3.30. The highest BCUT2D eigenvalue weighted by Crippen LogP contribution is 2.28. The maximum Gasteiger partial charge on any atom is 0.335 e. The lowest BCUT2D eigenvalue weighted by Gasteiger charge is -2.09. The van der Waals surface area contributed by atoms with Gasteiger partial charge in [-0.25, -0.2) is 9.78 Å². The third kappa shape index (κ3) is 3.31. The molecule has 2 heterocycles. The van der Waals surface area contributed by atoms with Gasteiger partial charge in [0, 0.05) is 17.0 Å². The number of fused-ring (bicyclic) bond motifs is 3. The van der Waals surface area contributed by atoms with Crippen LogP contribution in [0, 0.1) is 6.92 Å². The molecule has 5 nitrogen and oxygen atoms in total. The van der Waals surface area contributed by atoms with E-state index in [1.54, 1.807) is 12.1 Å². The summed E-state index contributed by atoms with van der Waals surface area (Å²) in [5.41, 5.74) is 11.3. The Morgan fingerprint density at radius 1 is 1.00 bits per heavy atom. The summed E-state index contributed by atoms with van der Waals surface area (Å²) in [6.07, 6.45) is 3.46. The minimum Gasteiger partial charge on any atom is -0.478 e. The minimum atomic E-state index is -0.909. The number of nitrogens with zero attached hydrogens (tertiary/aromatic N) is 2. The molecule has 0 radical (unpaired) electrons. The van der Waals surface area contributed by atoms with Crippen LogP contribution in [0.4, 0.5) is 5.82 Å². The van der Waals surface area contributed by atoms with E-state index in [9.17, 15) is 4.79 Å². The Morgan fingerprint density at radius 2 is 1.74 bits per heavy atom. The van der Waals surface area contributed by atoms with Crippen molar-refractivity contribution in [2.24, 2.45) is 0 Å². The minimum absolute atomic E-state index is 0.302. The highest BCUT2D eigenvalue weighted by Gasteiger charge is 2.09. The van der Waals surface area contributed by atoms with Gasteiger partial charge in [0.15, 0.2) is 5.82 Å². The molecule has 0 unspecified atom stereocenters. The van der Waals surface area contributed by atoms with E-state index in [1.165, 1.54) is 0 Å². The van der Waals surface area contributed by atoms with Crippen LogP contribution in [0.15, 0.2) is 54.7 Å². The second-order valence-corrected chi connectivity index (χ2v) is 6.76. The zero-order chi connectivity index (χ0) is 19.0. The Hall–Kier alpha value is -3.47. The highest BCUT2D eigenvalue weighted by molar-refractivity contribution is 6.08. The lowest BCUT2D eigenvalue weighted by molar-refractivity contribution is 0.0697. The average molecular weight is 357 g/mol. The maximum atomic E-state index is 10.9. The molecule has 3 N–H and O–H groups in total. The summed E-state index contributed by atoms with van der Waals surface area (Å²) < 4.78 is 0. The number of aromatic carboxylic acids is 1. The molecule has 4 rings (SSSR count). The molecule has 134 valence electrons. The fourth-order valence-electron chi connectivity index (χ4n) is 3.30. The number of nitrogens with two attached hydrogens (primary N) is 1. The van der Waals surface area contributed by atoms with Crippen molar-refractivity contribution in [3.05, 3.63) is 77.0 Å². The molecule has 2 aromatic heterocycles. The number of rotatable bonds is 4. The molecule has 2 aromatic carbocycles. The number of aryl methyl sites for hydroxylation is 3. The summed E-state index contributed by atoms with van der Waals surface area (Å²) in [5, 5.41) is 11.0. The molecule has 5 heteroatoms. The van der Waals surface area contributed by atoms with E-state index in [4.69, 9.17) is 10.8 Å². The Balaban J connectivity index is 1.66. The Labute approximate surface area is 156 Å². The van der Waals surface area contributed by atoms with Gasteiger partial charge in [-0.1, -0.05) is 24.3 Å². The lowest BCUT2D eigenvalue weighted by Crippen LogP contribution is -1.99. The number of carboxylic acids is 1. The third-order valence-electron chi connectivity index (χ3n) is 4.77. The molecule has 0 saturated heterocycles. The Morgan fingerprint density at radius 3 is 2.48 bits per heavy atom. The van der Waals surface area contributed by atoms with Gasteiger partial charge >= 0.3 is 5.97 Å². The van der Waals surface area contributed by atoms with Gasteiger partial charge in [-0.15, -0.1) is 0 Å². The summed E-state index contributed by atoms with van der Waals surface area (Å²) >= 11 is 0. The standard InChI is InChI=1S/C22H19N3O2/c1-13-2-9-17-18-11-15(12-24-20(18)21(23)25-19(17)10-13)4-3-14-5-7-16(8-6-14)22(26)27/h2,5-12H,3-4H2,1H3,(H2,23,25)(H,26,27). The van der Waals surface area contributed by atoms with Gasteiger partial charge < -0.3 is 10.8 Å². The number of carbonyl (C=O) groups is 1. The van der Waals surface area contributed by atoms with Crippen molar-refractivity contribution in [2.75, 3.05) is 5.73 Å². The van der Waals surface area contributed by atoms with E-state index in [0.29, 0.717) is 11.4 Å². The molecule has 0 fully saturated rings. The zero-order valence-corrected chi connectivity index (χ0v) is 14.9. The topological polar surface area (TPSA) is 89.1 Å². The van der Waals surface area contributed by atoms with Crippen LogP contribution in [-0.2, 0) is 12.8 Å². The van der Waals surface area contributed by atoms with Crippen molar-refractivity contribution in [1.29, 1.82) is 0 Å². The van der Waals surface area contributed by atoms with Gasteiger partial charge in [0.05, 0.1) is 11.1 Å². The quantitative estimate of drug-likeness (QED) is 0.535. The van der Waals surface area contributed by atoms with E-state index in [1.807, 2.05) is 31.3 Å². The van der Waals surface area contributed by atoms with Crippen LogP contribution in [0.2, 0.25) is 0 Å². The second-order valence-electron chi connectivity index (χ2n) is 6.76. The third-order valence-corrected chi connectivity index (χ3v) is 4.77. The van der Waals surface area contributed by atoms with Crippen LogP contribution in [-0.4, -0.2) is 21.0 Å².